The molecule has 2 N–H and O–H groups in total. The summed E-state index contributed by atoms with van der Waals surface area (Å²) >= 11 is 0. The molecule has 9 heteroatoms. The van der Waals surface area contributed by atoms with Gasteiger partial charge in [0.2, 0.25) is 12.2 Å². The first-order valence-electron chi connectivity index (χ1n) is 5.20. The van der Waals surface area contributed by atoms with Crippen molar-refractivity contribution in [2.45, 2.75) is 45.0 Å². The molecule has 0 aromatic heterocycles. The van der Waals surface area contributed by atoms with Crippen LogP contribution in [-0.4, -0.2) is 41.0 Å². The largest absolute Gasteiger partial charge is 0.391 e. The highest BCUT2D eigenvalue weighted by atomic mass is 19.4. The molecule has 19 heavy (non-hydrogen) atoms. The molecule has 0 fully saturated rings. The highest BCUT2D eigenvalue weighted by Crippen LogP contribution is 2.25. The number of halogens is 3. The van der Waals surface area contributed by atoms with Crippen molar-refractivity contribution in [3.05, 3.63) is 0 Å². The van der Waals surface area contributed by atoms with Crippen molar-refractivity contribution in [2.75, 3.05) is 0 Å². The minimum atomic E-state index is -4.77. The molecule has 0 aliphatic carbocycles. The zero-order chi connectivity index (χ0) is 15.4. The van der Waals surface area contributed by atoms with Gasteiger partial charge in [0.1, 0.15) is 6.04 Å². The number of hydrogen-bond acceptors (Lipinski definition) is 4. The second-order valence-electron chi connectivity index (χ2n) is 4.73. The molecule has 0 aromatic rings. The number of ketones is 1. The molecular formula is C10H15F3N2O4. The first-order valence-corrected chi connectivity index (χ1v) is 5.20. The Morgan fingerprint density at radius 1 is 1.32 bits per heavy atom. The van der Waals surface area contributed by atoms with E-state index < -0.39 is 35.9 Å². The Labute approximate surface area is 107 Å². The molecule has 0 saturated heterocycles. The number of hydrogen-bond donors (Lipinski definition) is 1. The minimum absolute atomic E-state index is 0.0947. The fourth-order valence-corrected chi connectivity index (χ4v) is 1.16. The Bertz CT molecular complexity index is 363. The fraction of sp³-hybridized carbons (Fsp3) is 0.700. The maximum atomic E-state index is 12.4. The molecule has 0 radical (unpaired) electrons. The van der Waals surface area contributed by atoms with Crippen molar-refractivity contribution in [2.24, 2.45) is 5.73 Å². The lowest BCUT2D eigenvalue weighted by Gasteiger charge is -2.31. The summed E-state index contributed by atoms with van der Waals surface area (Å²) in [5.41, 5.74) is 3.63. The van der Waals surface area contributed by atoms with E-state index in [-0.39, 0.29) is 11.5 Å². The number of hydroxylamine groups is 2. The molecule has 0 heterocycles. The normalized spacial score (nSPS) is 13.8. The summed E-state index contributed by atoms with van der Waals surface area (Å²) in [4.78, 5) is 37.7. The Morgan fingerprint density at radius 2 is 1.79 bits per heavy atom. The van der Waals surface area contributed by atoms with E-state index >= 15 is 0 Å². The molecular weight excluding hydrogens is 269 g/mol. The molecule has 0 aromatic carbocycles. The van der Waals surface area contributed by atoms with Crippen LogP contribution in [-0.2, 0) is 19.2 Å². The molecule has 0 bridgehead atoms. The fourth-order valence-electron chi connectivity index (χ4n) is 1.16. The van der Waals surface area contributed by atoms with Crippen molar-refractivity contribution >= 4 is 18.1 Å². The van der Waals surface area contributed by atoms with Crippen molar-refractivity contribution in [1.82, 2.24) is 5.06 Å². The number of carbonyl (C=O) groups is 3. The first-order chi connectivity index (χ1) is 8.37. The Kier molecular flexibility index (Phi) is 5.48. The van der Waals surface area contributed by atoms with Gasteiger partial charge in [-0.3, -0.25) is 19.2 Å². The van der Waals surface area contributed by atoms with E-state index in [1.807, 2.05) is 0 Å². The van der Waals surface area contributed by atoms with Crippen LogP contribution in [0.4, 0.5) is 13.2 Å². The third-order valence-corrected chi connectivity index (χ3v) is 1.76. The van der Waals surface area contributed by atoms with E-state index in [9.17, 15) is 27.6 Å². The van der Waals surface area contributed by atoms with E-state index in [0.29, 0.717) is 0 Å². The zero-order valence-electron chi connectivity index (χ0n) is 10.7. The van der Waals surface area contributed by atoms with Crippen LogP contribution in [0.1, 0.15) is 27.2 Å². The molecule has 0 unspecified atom stereocenters. The van der Waals surface area contributed by atoms with Gasteiger partial charge in [-0.1, -0.05) is 0 Å². The van der Waals surface area contributed by atoms with Crippen molar-refractivity contribution in [3.63, 3.8) is 0 Å². The second-order valence-corrected chi connectivity index (χ2v) is 4.73. The van der Waals surface area contributed by atoms with Crippen LogP contribution in [0, 0.1) is 0 Å². The zero-order valence-corrected chi connectivity index (χ0v) is 10.7. The average molecular weight is 284 g/mol. The Balaban J connectivity index is 5.25. The Hall–Kier alpha value is -1.64. The maximum Gasteiger partial charge on any atom is 0.391 e. The molecule has 2 amide bonds. The quantitative estimate of drug-likeness (QED) is 0.438. The number of alkyl halides is 3. The van der Waals surface area contributed by atoms with E-state index in [1.54, 1.807) is 0 Å². The van der Waals surface area contributed by atoms with Crippen molar-refractivity contribution in [1.29, 1.82) is 0 Å². The first kappa shape index (κ1) is 17.4. The van der Waals surface area contributed by atoms with E-state index in [0.717, 1.165) is 0 Å². The summed E-state index contributed by atoms with van der Waals surface area (Å²) in [7, 11) is 0. The van der Waals surface area contributed by atoms with Gasteiger partial charge in [0.25, 0.3) is 5.91 Å². The smallest absolute Gasteiger partial charge is 0.363 e. The Morgan fingerprint density at radius 3 is 2.05 bits per heavy atom. The van der Waals surface area contributed by atoms with Gasteiger partial charge in [-0.15, -0.1) is 0 Å². The predicted octanol–water partition coefficient (Wildman–Crippen LogP) is 0.550. The highest BCUT2D eigenvalue weighted by Gasteiger charge is 2.41. The molecule has 0 aliphatic heterocycles. The minimum Gasteiger partial charge on any atom is -0.363 e. The van der Waals surface area contributed by atoms with Gasteiger partial charge in [0.15, 0.2) is 0 Å². The SMILES string of the molecule is CC(C)(C)ON(C=O)[C@@H](CC(F)(F)F)C(=O)C(N)=O. The summed E-state index contributed by atoms with van der Waals surface area (Å²) in [6.07, 6.45) is -6.58. The lowest BCUT2D eigenvalue weighted by molar-refractivity contribution is -0.244. The van der Waals surface area contributed by atoms with Gasteiger partial charge in [-0.2, -0.15) is 13.2 Å². The lowest BCUT2D eigenvalue weighted by atomic mass is 10.1. The van der Waals surface area contributed by atoms with Gasteiger partial charge in [-0.05, 0) is 20.8 Å². The maximum absolute atomic E-state index is 12.4. The molecule has 6 nitrogen and oxygen atoms in total. The molecule has 0 saturated carbocycles. The monoisotopic (exact) mass is 284 g/mol. The summed E-state index contributed by atoms with van der Waals surface area (Å²) in [6, 6.07) is -2.13. The number of nitrogens with zero attached hydrogens (tertiary/aromatic N) is 1. The lowest BCUT2D eigenvalue weighted by Crippen LogP contribution is -2.50. The summed E-state index contributed by atoms with van der Waals surface area (Å²) in [5, 5.41) is 0.167. The van der Waals surface area contributed by atoms with Crippen LogP contribution in [0.5, 0.6) is 0 Å². The molecule has 0 aliphatic rings. The highest BCUT2D eigenvalue weighted by molar-refractivity contribution is 6.37. The number of Topliss-reactive ketones (excluding diaryl/α,β-unsaturated/α-hetero) is 1. The van der Waals surface area contributed by atoms with E-state index in [2.05, 4.69) is 5.73 Å². The van der Waals surface area contributed by atoms with Crippen LogP contribution in [0.15, 0.2) is 0 Å². The standard InChI is InChI=1S/C10H15F3N2O4/c1-9(2,3)19-15(5-16)6(4-10(11,12)13)7(17)8(14)18/h5-6H,4H2,1-3H3,(H2,14,18)/t6-/m0/s1. The van der Waals surface area contributed by atoms with Crippen LogP contribution in [0.3, 0.4) is 0 Å². The third-order valence-electron chi connectivity index (χ3n) is 1.76. The average Bonchev–Trinajstić information content (AvgIpc) is 2.19. The van der Waals surface area contributed by atoms with Crippen LogP contribution in [0.25, 0.3) is 0 Å². The molecule has 1 atom stereocenters. The number of rotatable bonds is 6. The van der Waals surface area contributed by atoms with Crippen molar-refractivity contribution < 1.29 is 32.4 Å². The van der Waals surface area contributed by atoms with Gasteiger partial charge in [0, 0.05) is 0 Å². The van der Waals surface area contributed by atoms with Gasteiger partial charge in [0.05, 0.1) is 12.0 Å². The third kappa shape index (κ3) is 6.75. The van der Waals surface area contributed by atoms with Crippen LogP contribution in [0.2, 0.25) is 0 Å². The van der Waals surface area contributed by atoms with Crippen LogP contribution < -0.4 is 5.73 Å². The second kappa shape index (κ2) is 6.00. The molecule has 110 valence electrons. The number of carbonyl (C=O) groups excluding carboxylic acids is 3. The number of amides is 2. The van der Waals surface area contributed by atoms with Gasteiger partial charge >= 0.3 is 6.18 Å². The van der Waals surface area contributed by atoms with E-state index in [1.165, 1.54) is 20.8 Å². The van der Waals surface area contributed by atoms with Gasteiger partial charge in [-0.25, -0.2) is 5.06 Å². The topological polar surface area (TPSA) is 89.7 Å². The van der Waals surface area contributed by atoms with Gasteiger partial charge < -0.3 is 5.73 Å². The molecule has 0 spiro atoms. The summed E-state index contributed by atoms with van der Waals surface area (Å²) < 4.78 is 37.1. The number of primary amides is 1. The predicted molar refractivity (Wildman–Crippen MR) is 57.4 cm³/mol. The van der Waals surface area contributed by atoms with Crippen molar-refractivity contribution in [3.8, 4) is 0 Å². The molecule has 0 rings (SSSR count). The van der Waals surface area contributed by atoms with Crippen LogP contribution >= 0.6 is 0 Å². The van der Waals surface area contributed by atoms with E-state index in [4.69, 9.17) is 4.84 Å². The summed E-state index contributed by atoms with van der Waals surface area (Å²) in [6.45, 7) is 4.38. The number of nitrogens with two attached hydrogens (primary N) is 1. The summed E-state index contributed by atoms with van der Waals surface area (Å²) in [5.74, 6) is -3.12.